The molecular weight excluding hydrogens is 515 g/mol. The van der Waals surface area contributed by atoms with Crippen LogP contribution in [-0.2, 0) is 24.8 Å². The number of carbonyl (C=O) groups is 2. The summed E-state index contributed by atoms with van der Waals surface area (Å²) in [6.45, 7) is 1.47. The molecule has 0 saturated carbocycles. The van der Waals surface area contributed by atoms with Gasteiger partial charge in [0, 0.05) is 21.0 Å². The molecule has 0 radical (unpaired) electrons. The molecule has 3 rings (SSSR count). The average molecular weight is 533 g/mol. The Morgan fingerprint density at radius 1 is 0.970 bits per heavy atom. The first-order valence-electron chi connectivity index (χ1n) is 9.29. The van der Waals surface area contributed by atoms with Crippen molar-refractivity contribution in [2.75, 3.05) is 22.8 Å². The number of hydrogen-bond donors (Lipinski definition) is 0. The number of rotatable bonds is 6. The fourth-order valence-electron chi connectivity index (χ4n) is 3.36. The first-order chi connectivity index (χ1) is 15.3. The summed E-state index contributed by atoms with van der Waals surface area (Å²) in [4.78, 5) is 26.6. The highest BCUT2D eigenvalue weighted by Gasteiger charge is 2.38. The van der Waals surface area contributed by atoms with E-state index in [4.69, 9.17) is 27.9 Å². The zero-order valence-electron chi connectivity index (χ0n) is 17.6. The summed E-state index contributed by atoms with van der Waals surface area (Å²) >= 11 is 12.1. The molecule has 3 aromatic rings. The second kappa shape index (κ2) is 8.98. The minimum atomic E-state index is -4.48. The number of aromatic nitrogens is 1. The highest BCUT2D eigenvalue weighted by molar-refractivity contribution is 8.09. The lowest BCUT2D eigenvalue weighted by molar-refractivity contribution is 0.102. The normalized spacial score (nSPS) is 12.0. The van der Waals surface area contributed by atoms with E-state index in [-0.39, 0.29) is 36.8 Å². The van der Waals surface area contributed by atoms with Crippen LogP contribution in [0.4, 0.5) is 10.5 Å². The maximum atomic E-state index is 13.6. The molecule has 0 fully saturated rings. The first-order valence-corrected chi connectivity index (χ1v) is 13.7. The molecule has 0 aliphatic carbocycles. The number of halogens is 2. The monoisotopic (exact) mass is 532 g/mol. The lowest BCUT2D eigenvalue weighted by Gasteiger charge is -2.21. The van der Waals surface area contributed by atoms with Crippen LogP contribution < -0.4 is 3.71 Å². The van der Waals surface area contributed by atoms with E-state index in [0.29, 0.717) is 12.5 Å². The van der Waals surface area contributed by atoms with Gasteiger partial charge in [0.2, 0.25) is 25.8 Å². The van der Waals surface area contributed by atoms with E-state index in [0.717, 1.165) is 4.57 Å². The van der Waals surface area contributed by atoms with Crippen LogP contribution in [0.2, 0.25) is 10.0 Å². The van der Waals surface area contributed by atoms with E-state index < -0.39 is 43.3 Å². The Hall–Kier alpha value is -2.60. The number of ether oxygens (including phenoxy) is 1. The van der Waals surface area contributed by atoms with Gasteiger partial charge >= 0.3 is 6.09 Å². The Balaban J connectivity index is 2.58. The van der Waals surface area contributed by atoms with Crippen LogP contribution in [0, 0.1) is 0 Å². The SMILES string of the molecule is CCOC(=O)n1c(C(=O)c2cccc(Cl)c2)c(N(S(C)(=O)=O)S(C)(=O)=O)c2ccc(Cl)cc21. The van der Waals surface area contributed by atoms with Gasteiger partial charge in [-0.1, -0.05) is 35.3 Å². The minimum Gasteiger partial charge on any atom is -0.449 e. The van der Waals surface area contributed by atoms with Crippen LogP contribution in [0.25, 0.3) is 10.9 Å². The number of carbonyl (C=O) groups excluding carboxylic acids is 2. The molecule has 13 heteroatoms. The van der Waals surface area contributed by atoms with Gasteiger partial charge in [-0.2, -0.15) is 3.71 Å². The lowest BCUT2D eigenvalue weighted by atomic mass is 10.1. The van der Waals surface area contributed by atoms with Gasteiger partial charge in [-0.25, -0.2) is 26.2 Å². The summed E-state index contributed by atoms with van der Waals surface area (Å²) in [6, 6.07) is 9.69. The predicted octanol–water partition coefficient (Wildman–Crippen LogP) is 3.91. The van der Waals surface area contributed by atoms with Crippen molar-refractivity contribution >= 4 is 71.7 Å². The lowest BCUT2D eigenvalue weighted by Crippen LogP contribution is -2.36. The highest BCUT2D eigenvalue weighted by Crippen LogP contribution is 2.39. The molecule has 0 unspecified atom stereocenters. The molecule has 1 heterocycles. The van der Waals surface area contributed by atoms with Gasteiger partial charge in [0.05, 0.1) is 24.6 Å². The van der Waals surface area contributed by atoms with Crippen molar-refractivity contribution in [1.29, 1.82) is 0 Å². The van der Waals surface area contributed by atoms with Crippen LogP contribution >= 0.6 is 23.2 Å². The van der Waals surface area contributed by atoms with Crippen molar-refractivity contribution in [3.8, 4) is 0 Å². The molecule has 33 heavy (non-hydrogen) atoms. The van der Waals surface area contributed by atoms with E-state index in [1.165, 1.54) is 49.4 Å². The van der Waals surface area contributed by atoms with Crippen LogP contribution in [0.1, 0.15) is 23.0 Å². The Labute approximate surface area is 200 Å². The Morgan fingerprint density at radius 2 is 1.58 bits per heavy atom. The smallest absolute Gasteiger partial charge is 0.419 e. The number of anilines is 1. The molecule has 0 atom stereocenters. The van der Waals surface area contributed by atoms with E-state index in [1.54, 1.807) is 0 Å². The van der Waals surface area contributed by atoms with Gasteiger partial charge in [-0.3, -0.25) is 4.79 Å². The fraction of sp³-hybridized carbons (Fsp3) is 0.200. The van der Waals surface area contributed by atoms with Crippen molar-refractivity contribution in [3.63, 3.8) is 0 Å². The number of hydrogen-bond acceptors (Lipinski definition) is 7. The summed E-state index contributed by atoms with van der Waals surface area (Å²) in [5.74, 6) is -0.856. The Bertz CT molecular complexity index is 1460. The quantitative estimate of drug-likeness (QED) is 0.441. The fourth-order valence-corrected chi connectivity index (χ4v) is 6.72. The molecule has 9 nitrogen and oxygen atoms in total. The van der Waals surface area contributed by atoms with Gasteiger partial charge in [0.1, 0.15) is 11.4 Å². The van der Waals surface area contributed by atoms with Crippen LogP contribution in [0.5, 0.6) is 0 Å². The van der Waals surface area contributed by atoms with E-state index in [2.05, 4.69) is 0 Å². The van der Waals surface area contributed by atoms with E-state index >= 15 is 0 Å². The van der Waals surface area contributed by atoms with Gasteiger partial charge in [0.15, 0.2) is 0 Å². The topological polar surface area (TPSA) is 120 Å². The van der Waals surface area contributed by atoms with Crippen molar-refractivity contribution in [2.45, 2.75) is 6.92 Å². The summed E-state index contributed by atoms with van der Waals surface area (Å²) < 4.78 is 56.5. The molecule has 0 bridgehead atoms. The van der Waals surface area contributed by atoms with Crippen LogP contribution in [-0.4, -0.2) is 52.4 Å². The third-order valence-electron chi connectivity index (χ3n) is 4.44. The van der Waals surface area contributed by atoms with E-state index in [1.807, 2.05) is 0 Å². The molecular formula is C20H18Cl2N2O7S2. The highest BCUT2D eigenvalue weighted by atomic mass is 35.5. The maximum Gasteiger partial charge on any atom is 0.419 e. The number of sulfonamides is 2. The van der Waals surface area contributed by atoms with Gasteiger partial charge in [0.25, 0.3) is 0 Å². The second-order valence-electron chi connectivity index (χ2n) is 6.96. The maximum absolute atomic E-state index is 13.6. The molecule has 2 aromatic carbocycles. The van der Waals surface area contributed by atoms with Crippen molar-refractivity contribution in [1.82, 2.24) is 4.57 Å². The average Bonchev–Trinajstić information content (AvgIpc) is 2.99. The largest absolute Gasteiger partial charge is 0.449 e. The number of fused-ring (bicyclic) bond motifs is 1. The van der Waals surface area contributed by atoms with Crippen LogP contribution in [0.15, 0.2) is 42.5 Å². The van der Waals surface area contributed by atoms with Gasteiger partial charge < -0.3 is 4.74 Å². The minimum absolute atomic E-state index is 0.00912. The molecule has 0 amide bonds. The first kappa shape index (κ1) is 25.0. The van der Waals surface area contributed by atoms with E-state index in [9.17, 15) is 26.4 Å². The molecule has 0 aliphatic rings. The van der Waals surface area contributed by atoms with Crippen molar-refractivity contribution in [3.05, 3.63) is 63.8 Å². The second-order valence-corrected chi connectivity index (χ2v) is 11.7. The third kappa shape index (κ3) is 4.86. The zero-order valence-corrected chi connectivity index (χ0v) is 20.7. The number of benzene rings is 2. The summed E-state index contributed by atoms with van der Waals surface area (Å²) in [5.41, 5.74) is -1.09. The molecule has 0 saturated heterocycles. The standard InChI is InChI=1S/C20H18Cl2N2O7S2/c1-4-31-20(26)23-16-11-14(22)8-9-15(16)17(24(32(2,27)28)33(3,29)30)18(23)19(25)12-6-5-7-13(21)10-12/h5-11H,4H2,1-3H3. The third-order valence-corrected chi connectivity index (χ3v) is 8.11. The summed E-state index contributed by atoms with van der Waals surface area (Å²) in [7, 11) is -8.96. The summed E-state index contributed by atoms with van der Waals surface area (Å²) in [5, 5.41) is 0.338. The molecule has 0 aliphatic heterocycles. The Morgan fingerprint density at radius 3 is 2.12 bits per heavy atom. The number of ketones is 1. The number of nitrogens with zero attached hydrogens (tertiary/aromatic N) is 2. The predicted molar refractivity (Wildman–Crippen MR) is 126 cm³/mol. The zero-order chi connectivity index (χ0) is 24.7. The molecule has 176 valence electrons. The summed E-state index contributed by atoms with van der Waals surface area (Å²) in [6.07, 6.45) is 0.319. The molecule has 0 spiro atoms. The van der Waals surface area contributed by atoms with Gasteiger partial charge in [-0.15, -0.1) is 0 Å². The van der Waals surface area contributed by atoms with Crippen molar-refractivity contribution < 1.29 is 31.2 Å². The molecule has 1 aromatic heterocycles. The Kier molecular flexibility index (Phi) is 6.81. The van der Waals surface area contributed by atoms with Crippen LogP contribution in [0.3, 0.4) is 0 Å². The van der Waals surface area contributed by atoms with Crippen molar-refractivity contribution in [2.24, 2.45) is 0 Å². The van der Waals surface area contributed by atoms with Gasteiger partial charge in [-0.05, 0) is 37.3 Å². The molecule has 0 N–H and O–H groups in total.